The van der Waals surface area contributed by atoms with Gasteiger partial charge in [-0.25, -0.2) is 0 Å². The summed E-state index contributed by atoms with van der Waals surface area (Å²) in [7, 11) is 1.33. The molecule has 0 spiro atoms. The fourth-order valence-corrected chi connectivity index (χ4v) is 3.04. The van der Waals surface area contributed by atoms with Crippen LogP contribution in [0.4, 0.5) is 0 Å². The second-order valence-corrected chi connectivity index (χ2v) is 8.60. The lowest BCUT2D eigenvalue weighted by Gasteiger charge is -2.29. The number of hydrogen-bond donors (Lipinski definition) is 3. The maximum absolute atomic E-state index is 12.8. The predicted octanol–water partition coefficient (Wildman–Crippen LogP) is 2.70. The van der Waals surface area contributed by atoms with Crippen molar-refractivity contribution < 1.29 is 14.3 Å². The van der Waals surface area contributed by atoms with Gasteiger partial charge in [0.2, 0.25) is 5.91 Å². The number of nitrogens with one attached hydrogen (secondary N) is 1. The molecule has 0 saturated heterocycles. The molecule has 31 heavy (non-hydrogen) atoms. The van der Waals surface area contributed by atoms with E-state index in [0.717, 1.165) is 37.9 Å². The van der Waals surface area contributed by atoms with Gasteiger partial charge in [0.25, 0.3) is 0 Å². The SMILES string of the molecule is CCC(N)CCNCc1ccc(CN(CCC(C)(N)CC)C(=O)CCC(=O)OC)cc1. The van der Waals surface area contributed by atoms with E-state index in [1.165, 1.54) is 12.7 Å². The molecule has 0 aromatic heterocycles. The largest absolute Gasteiger partial charge is 0.469 e. The Kier molecular flexibility index (Phi) is 12.4. The van der Waals surface area contributed by atoms with Crippen molar-refractivity contribution in [2.45, 2.75) is 84.0 Å². The first-order valence-corrected chi connectivity index (χ1v) is 11.4. The first kappa shape index (κ1) is 27.1. The number of nitrogens with two attached hydrogens (primary N) is 2. The molecule has 0 fully saturated rings. The molecule has 1 amide bonds. The highest BCUT2D eigenvalue weighted by Crippen LogP contribution is 2.15. The molecule has 1 aromatic rings. The number of methoxy groups -OCH3 is 1. The molecular weight excluding hydrogens is 392 g/mol. The Labute approximate surface area is 187 Å². The molecule has 7 nitrogen and oxygen atoms in total. The summed E-state index contributed by atoms with van der Waals surface area (Å²) >= 11 is 0. The topological polar surface area (TPSA) is 111 Å². The van der Waals surface area contributed by atoms with E-state index in [0.29, 0.717) is 19.5 Å². The normalized spacial score (nSPS) is 14.0. The number of amides is 1. The van der Waals surface area contributed by atoms with Gasteiger partial charge in [0, 0.05) is 37.6 Å². The Bertz CT molecular complexity index is 661. The Morgan fingerprint density at radius 2 is 1.81 bits per heavy atom. The summed E-state index contributed by atoms with van der Waals surface area (Å²) in [6.45, 7) is 8.89. The van der Waals surface area contributed by atoms with Gasteiger partial charge in [0.05, 0.1) is 13.5 Å². The summed E-state index contributed by atoms with van der Waals surface area (Å²) in [5.41, 5.74) is 14.1. The van der Waals surface area contributed by atoms with E-state index in [4.69, 9.17) is 11.5 Å². The van der Waals surface area contributed by atoms with Crippen LogP contribution in [-0.2, 0) is 27.4 Å². The van der Waals surface area contributed by atoms with Gasteiger partial charge in [0.1, 0.15) is 0 Å². The lowest BCUT2D eigenvalue weighted by atomic mass is 9.95. The zero-order chi connectivity index (χ0) is 23.3. The van der Waals surface area contributed by atoms with Crippen LogP contribution in [-0.4, -0.2) is 48.6 Å². The molecule has 176 valence electrons. The van der Waals surface area contributed by atoms with Crippen molar-refractivity contribution in [2.24, 2.45) is 11.5 Å². The Morgan fingerprint density at radius 3 is 2.39 bits per heavy atom. The highest BCUT2D eigenvalue weighted by atomic mass is 16.5. The summed E-state index contributed by atoms with van der Waals surface area (Å²) in [5, 5.41) is 3.42. The van der Waals surface area contributed by atoms with Crippen molar-refractivity contribution in [1.82, 2.24) is 10.2 Å². The van der Waals surface area contributed by atoms with Crippen molar-refractivity contribution in [2.75, 3.05) is 20.2 Å². The average molecular weight is 435 g/mol. The predicted molar refractivity (Wildman–Crippen MR) is 125 cm³/mol. The minimum absolute atomic E-state index is 0.0599. The molecule has 2 unspecified atom stereocenters. The summed E-state index contributed by atoms with van der Waals surface area (Å²) in [6, 6.07) is 8.52. The van der Waals surface area contributed by atoms with Crippen molar-refractivity contribution in [3.63, 3.8) is 0 Å². The van der Waals surface area contributed by atoms with Crippen molar-refractivity contribution in [3.8, 4) is 0 Å². The highest BCUT2D eigenvalue weighted by Gasteiger charge is 2.21. The third kappa shape index (κ3) is 11.3. The van der Waals surface area contributed by atoms with Crippen LogP contribution in [0.3, 0.4) is 0 Å². The Balaban J connectivity index is 2.67. The molecule has 0 heterocycles. The van der Waals surface area contributed by atoms with E-state index in [9.17, 15) is 9.59 Å². The van der Waals surface area contributed by atoms with Crippen LogP contribution in [0, 0.1) is 0 Å². The zero-order valence-electron chi connectivity index (χ0n) is 19.8. The van der Waals surface area contributed by atoms with Crippen molar-refractivity contribution in [1.29, 1.82) is 0 Å². The second kappa shape index (κ2) is 14.2. The number of ether oxygens (including phenoxy) is 1. The molecule has 1 rings (SSSR count). The number of rotatable bonds is 15. The van der Waals surface area contributed by atoms with Gasteiger partial charge in [-0.1, -0.05) is 38.1 Å². The number of carbonyl (C=O) groups is 2. The molecule has 0 aliphatic heterocycles. The van der Waals surface area contributed by atoms with Crippen LogP contribution in [0.5, 0.6) is 0 Å². The summed E-state index contributed by atoms with van der Waals surface area (Å²) in [4.78, 5) is 26.0. The fraction of sp³-hybridized carbons (Fsp3) is 0.667. The first-order chi connectivity index (χ1) is 14.7. The summed E-state index contributed by atoms with van der Waals surface area (Å²) < 4.78 is 4.66. The highest BCUT2D eigenvalue weighted by molar-refractivity contribution is 5.81. The molecule has 2 atom stereocenters. The van der Waals surface area contributed by atoms with E-state index in [2.05, 4.69) is 41.2 Å². The number of nitrogens with zero attached hydrogens (tertiary/aromatic N) is 1. The number of benzene rings is 1. The second-order valence-electron chi connectivity index (χ2n) is 8.60. The lowest BCUT2D eigenvalue weighted by molar-refractivity contribution is -0.143. The molecule has 0 radical (unpaired) electrons. The van der Waals surface area contributed by atoms with Gasteiger partial charge in [-0.2, -0.15) is 0 Å². The van der Waals surface area contributed by atoms with Crippen LogP contribution in [0.15, 0.2) is 24.3 Å². The van der Waals surface area contributed by atoms with E-state index in [1.807, 2.05) is 13.8 Å². The van der Waals surface area contributed by atoms with Crippen LogP contribution in [0.1, 0.15) is 70.4 Å². The average Bonchev–Trinajstić information content (AvgIpc) is 2.78. The van der Waals surface area contributed by atoms with E-state index in [1.54, 1.807) is 4.90 Å². The van der Waals surface area contributed by atoms with E-state index >= 15 is 0 Å². The van der Waals surface area contributed by atoms with Crippen LogP contribution >= 0.6 is 0 Å². The molecular formula is C24H42N4O3. The molecule has 7 heteroatoms. The van der Waals surface area contributed by atoms with Gasteiger partial charge in [-0.05, 0) is 50.3 Å². The number of esters is 1. The third-order valence-corrected chi connectivity index (χ3v) is 5.83. The van der Waals surface area contributed by atoms with E-state index < -0.39 is 0 Å². The molecule has 5 N–H and O–H groups in total. The maximum Gasteiger partial charge on any atom is 0.306 e. The van der Waals surface area contributed by atoms with Crippen LogP contribution in [0.2, 0.25) is 0 Å². The fourth-order valence-electron chi connectivity index (χ4n) is 3.04. The molecule has 1 aromatic carbocycles. The van der Waals surface area contributed by atoms with Crippen LogP contribution < -0.4 is 16.8 Å². The minimum Gasteiger partial charge on any atom is -0.469 e. The Hall–Kier alpha value is -1.96. The standard InChI is InChI=1S/C24H42N4O3/c1-5-21(25)13-15-27-17-19-7-9-20(10-8-19)18-28(16-14-24(3,26)6-2)22(29)11-12-23(30)31-4/h7-10,21,27H,5-6,11-18,25-26H2,1-4H3. The Morgan fingerprint density at radius 1 is 1.16 bits per heavy atom. The smallest absolute Gasteiger partial charge is 0.306 e. The van der Waals surface area contributed by atoms with Gasteiger partial charge < -0.3 is 26.4 Å². The maximum atomic E-state index is 12.8. The number of hydrogen-bond acceptors (Lipinski definition) is 6. The monoisotopic (exact) mass is 434 g/mol. The minimum atomic E-state index is -0.373. The summed E-state index contributed by atoms with van der Waals surface area (Å²) in [5.74, 6) is -0.433. The van der Waals surface area contributed by atoms with Gasteiger partial charge >= 0.3 is 5.97 Å². The molecule has 0 aliphatic rings. The van der Waals surface area contributed by atoms with Gasteiger partial charge in [-0.15, -0.1) is 0 Å². The quantitative estimate of drug-likeness (QED) is 0.289. The zero-order valence-corrected chi connectivity index (χ0v) is 19.8. The van der Waals surface area contributed by atoms with Gasteiger partial charge in [-0.3, -0.25) is 9.59 Å². The van der Waals surface area contributed by atoms with Crippen LogP contribution in [0.25, 0.3) is 0 Å². The number of carbonyl (C=O) groups excluding carboxylic acids is 2. The van der Waals surface area contributed by atoms with E-state index in [-0.39, 0.29) is 36.3 Å². The summed E-state index contributed by atoms with van der Waals surface area (Å²) in [6.07, 6.45) is 3.73. The molecule has 0 aliphatic carbocycles. The van der Waals surface area contributed by atoms with Gasteiger partial charge in [0.15, 0.2) is 0 Å². The van der Waals surface area contributed by atoms with Crippen molar-refractivity contribution in [3.05, 3.63) is 35.4 Å². The lowest BCUT2D eigenvalue weighted by Crippen LogP contribution is -2.41. The first-order valence-electron chi connectivity index (χ1n) is 11.4. The molecule has 0 saturated carbocycles. The third-order valence-electron chi connectivity index (χ3n) is 5.83. The molecule has 0 bridgehead atoms. The van der Waals surface area contributed by atoms with Crippen molar-refractivity contribution >= 4 is 11.9 Å².